The zero-order valence-corrected chi connectivity index (χ0v) is 12.2. The van der Waals surface area contributed by atoms with Crippen LogP contribution in [0.25, 0.3) is 5.69 Å². The molecular weight excluding hydrogens is 325 g/mol. The standard InChI is InChI=1S/C13H16IN3/c1-3-8-15-13-16-10(2)9-17(13)12-6-4-11(14)5-7-12/h4-7,9H,3,8H2,1-2H3,(H,15,16). The van der Waals surface area contributed by atoms with Crippen molar-refractivity contribution >= 4 is 28.5 Å². The minimum atomic E-state index is 0.922. The molecule has 0 fully saturated rings. The van der Waals surface area contributed by atoms with Crippen LogP contribution in [0.5, 0.6) is 0 Å². The summed E-state index contributed by atoms with van der Waals surface area (Å²) in [6, 6.07) is 8.43. The average Bonchev–Trinajstić information content (AvgIpc) is 2.69. The van der Waals surface area contributed by atoms with Gasteiger partial charge in [0.05, 0.1) is 5.69 Å². The van der Waals surface area contributed by atoms with Gasteiger partial charge in [-0.2, -0.15) is 0 Å². The van der Waals surface area contributed by atoms with Gasteiger partial charge in [-0.3, -0.25) is 4.57 Å². The molecule has 0 saturated heterocycles. The highest BCUT2D eigenvalue weighted by atomic mass is 127. The largest absolute Gasteiger partial charge is 0.355 e. The first kappa shape index (κ1) is 12.4. The zero-order valence-electron chi connectivity index (χ0n) is 10.1. The second-order valence-corrected chi connectivity index (χ2v) is 5.22. The Morgan fingerprint density at radius 2 is 2.00 bits per heavy atom. The van der Waals surface area contributed by atoms with Crippen molar-refractivity contribution in [2.45, 2.75) is 20.3 Å². The molecule has 90 valence electrons. The van der Waals surface area contributed by atoms with E-state index in [9.17, 15) is 0 Å². The molecule has 0 unspecified atom stereocenters. The van der Waals surface area contributed by atoms with Crippen LogP contribution in [-0.4, -0.2) is 16.1 Å². The lowest BCUT2D eigenvalue weighted by Crippen LogP contribution is -2.06. The van der Waals surface area contributed by atoms with E-state index in [0.717, 1.165) is 30.3 Å². The number of halogens is 1. The molecule has 0 saturated carbocycles. The third kappa shape index (κ3) is 3.00. The molecule has 0 aliphatic heterocycles. The fraction of sp³-hybridized carbons (Fsp3) is 0.308. The summed E-state index contributed by atoms with van der Waals surface area (Å²) in [4.78, 5) is 4.50. The molecule has 0 bridgehead atoms. The van der Waals surface area contributed by atoms with Crippen LogP contribution in [-0.2, 0) is 0 Å². The van der Waals surface area contributed by atoms with E-state index in [4.69, 9.17) is 0 Å². The number of nitrogens with zero attached hydrogens (tertiary/aromatic N) is 2. The molecule has 1 aromatic carbocycles. The molecule has 0 spiro atoms. The highest BCUT2D eigenvalue weighted by molar-refractivity contribution is 14.1. The van der Waals surface area contributed by atoms with Gasteiger partial charge in [-0.1, -0.05) is 6.92 Å². The summed E-state index contributed by atoms with van der Waals surface area (Å²) < 4.78 is 3.34. The number of rotatable bonds is 4. The molecule has 2 rings (SSSR count). The highest BCUT2D eigenvalue weighted by Gasteiger charge is 2.06. The normalized spacial score (nSPS) is 10.5. The van der Waals surface area contributed by atoms with Gasteiger partial charge in [0.1, 0.15) is 0 Å². The molecule has 3 nitrogen and oxygen atoms in total. The van der Waals surface area contributed by atoms with Crippen molar-refractivity contribution in [3.63, 3.8) is 0 Å². The van der Waals surface area contributed by atoms with E-state index in [1.165, 1.54) is 3.57 Å². The minimum Gasteiger partial charge on any atom is -0.355 e. The van der Waals surface area contributed by atoms with E-state index in [-0.39, 0.29) is 0 Å². The Bertz CT molecular complexity index is 488. The first-order valence-electron chi connectivity index (χ1n) is 5.76. The number of aryl methyl sites for hydroxylation is 1. The fourth-order valence-electron chi connectivity index (χ4n) is 1.66. The van der Waals surface area contributed by atoms with Gasteiger partial charge in [0.15, 0.2) is 0 Å². The predicted molar refractivity (Wildman–Crippen MR) is 79.8 cm³/mol. The lowest BCUT2D eigenvalue weighted by atomic mass is 10.3. The summed E-state index contributed by atoms with van der Waals surface area (Å²) in [6.07, 6.45) is 3.15. The van der Waals surface area contributed by atoms with Gasteiger partial charge in [0.25, 0.3) is 0 Å². The summed E-state index contributed by atoms with van der Waals surface area (Å²) in [6.45, 7) is 5.11. The Kier molecular flexibility index (Phi) is 4.04. The predicted octanol–water partition coefficient (Wildman–Crippen LogP) is 3.61. The Labute approximate surface area is 115 Å². The van der Waals surface area contributed by atoms with Crippen LogP contribution in [0.2, 0.25) is 0 Å². The van der Waals surface area contributed by atoms with Gasteiger partial charge >= 0.3 is 0 Å². The zero-order chi connectivity index (χ0) is 12.3. The third-order valence-corrected chi connectivity index (χ3v) is 3.18. The summed E-state index contributed by atoms with van der Waals surface area (Å²) in [5.74, 6) is 0.922. The third-order valence-electron chi connectivity index (χ3n) is 2.46. The molecule has 1 N–H and O–H groups in total. The first-order valence-corrected chi connectivity index (χ1v) is 6.84. The van der Waals surface area contributed by atoms with Gasteiger partial charge < -0.3 is 5.32 Å². The molecular formula is C13H16IN3. The number of hydrogen-bond donors (Lipinski definition) is 1. The minimum absolute atomic E-state index is 0.922. The lowest BCUT2D eigenvalue weighted by Gasteiger charge is -2.08. The van der Waals surface area contributed by atoms with E-state index < -0.39 is 0 Å². The summed E-state index contributed by atoms with van der Waals surface area (Å²) in [7, 11) is 0. The molecule has 0 amide bonds. The second kappa shape index (κ2) is 5.53. The van der Waals surface area contributed by atoms with Crippen molar-refractivity contribution in [2.75, 3.05) is 11.9 Å². The number of benzene rings is 1. The molecule has 2 aromatic rings. The summed E-state index contributed by atoms with van der Waals surface area (Å²) in [5, 5.41) is 3.35. The molecule has 4 heteroatoms. The Morgan fingerprint density at radius 3 is 2.65 bits per heavy atom. The van der Waals surface area contributed by atoms with Crippen molar-refractivity contribution in [1.82, 2.24) is 9.55 Å². The summed E-state index contributed by atoms with van der Waals surface area (Å²) in [5.41, 5.74) is 2.17. The molecule has 0 radical (unpaired) electrons. The first-order chi connectivity index (χ1) is 8.20. The van der Waals surface area contributed by atoms with Crippen molar-refractivity contribution < 1.29 is 0 Å². The van der Waals surface area contributed by atoms with Crippen molar-refractivity contribution in [3.05, 3.63) is 39.7 Å². The Morgan fingerprint density at radius 1 is 1.29 bits per heavy atom. The molecule has 17 heavy (non-hydrogen) atoms. The van der Waals surface area contributed by atoms with Gasteiger partial charge in [-0.05, 0) is 60.2 Å². The Balaban J connectivity index is 2.33. The van der Waals surface area contributed by atoms with Gasteiger partial charge in [0, 0.05) is 22.0 Å². The maximum absolute atomic E-state index is 4.50. The van der Waals surface area contributed by atoms with Crippen LogP contribution >= 0.6 is 22.6 Å². The molecule has 0 aliphatic rings. The van der Waals surface area contributed by atoms with Crippen LogP contribution in [0.4, 0.5) is 5.95 Å². The monoisotopic (exact) mass is 341 g/mol. The number of anilines is 1. The van der Waals surface area contributed by atoms with Crippen LogP contribution in [0.1, 0.15) is 19.0 Å². The van der Waals surface area contributed by atoms with Crippen molar-refractivity contribution in [1.29, 1.82) is 0 Å². The van der Waals surface area contributed by atoms with E-state index in [1.807, 2.05) is 6.92 Å². The smallest absolute Gasteiger partial charge is 0.207 e. The summed E-state index contributed by atoms with van der Waals surface area (Å²) >= 11 is 2.31. The van der Waals surface area contributed by atoms with Crippen LogP contribution < -0.4 is 5.32 Å². The molecule has 1 aromatic heterocycles. The van der Waals surface area contributed by atoms with Crippen LogP contribution in [0.3, 0.4) is 0 Å². The maximum atomic E-state index is 4.50. The van der Waals surface area contributed by atoms with E-state index in [0.29, 0.717) is 0 Å². The van der Waals surface area contributed by atoms with Gasteiger partial charge in [-0.15, -0.1) is 0 Å². The number of hydrogen-bond acceptors (Lipinski definition) is 2. The highest BCUT2D eigenvalue weighted by Crippen LogP contribution is 2.17. The molecule has 1 heterocycles. The lowest BCUT2D eigenvalue weighted by molar-refractivity contribution is 0.936. The molecule has 0 aliphatic carbocycles. The second-order valence-electron chi connectivity index (χ2n) is 3.98. The number of imidazole rings is 1. The van der Waals surface area contributed by atoms with Gasteiger partial charge in [0.2, 0.25) is 5.95 Å². The van der Waals surface area contributed by atoms with Gasteiger partial charge in [-0.25, -0.2) is 4.98 Å². The number of aromatic nitrogens is 2. The SMILES string of the molecule is CCCNc1nc(C)cn1-c1ccc(I)cc1. The van der Waals surface area contributed by atoms with Crippen LogP contribution in [0, 0.1) is 10.5 Å². The van der Waals surface area contributed by atoms with E-state index in [1.54, 1.807) is 0 Å². The van der Waals surface area contributed by atoms with E-state index >= 15 is 0 Å². The number of nitrogens with one attached hydrogen (secondary N) is 1. The average molecular weight is 341 g/mol. The Hall–Kier alpha value is -1.04. The van der Waals surface area contributed by atoms with Crippen molar-refractivity contribution in [2.24, 2.45) is 0 Å². The quantitative estimate of drug-likeness (QED) is 0.861. The topological polar surface area (TPSA) is 29.9 Å². The maximum Gasteiger partial charge on any atom is 0.207 e. The fourth-order valence-corrected chi connectivity index (χ4v) is 2.02. The van der Waals surface area contributed by atoms with Crippen LogP contribution in [0.15, 0.2) is 30.5 Å². The van der Waals surface area contributed by atoms with Crippen molar-refractivity contribution in [3.8, 4) is 5.69 Å². The molecule has 0 atom stereocenters. The van der Waals surface area contributed by atoms with E-state index in [2.05, 4.69) is 74.8 Å².